The molecule has 0 unspecified atom stereocenters. The van der Waals surface area contributed by atoms with E-state index in [0.717, 1.165) is 6.42 Å². The normalized spacial score (nSPS) is 12.5. The SMILES string of the molecule is CCCn1nnc(C(F)(F)F)c1C(C)C. The molecule has 15 heavy (non-hydrogen) atoms. The Morgan fingerprint density at radius 2 is 1.93 bits per heavy atom. The molecule has 3 nitrogen and oxygen atoms in total. The highest BCUT2D eigenvalue weighted by Crippen LogP contribution is 2.33. The van der Waals surface area contributed by atoms with E-state index in [4.69, 9.17) is 0 Å². The predicted octanol–water partition coefficient (Wildman–Crippen LogP) is 2.83. The van der Waals surface area contributed by atoms with Crippen molar-refractivity contribution in [2.75, 3.05) is 0 Å². The molecule has 0 spiro atoms. The average Bonchev–Trinajstić information content (AvgIpc) is 2.47. The van der Waals surface area contributed by atoms with Crippen LogP contribution < -0.4 is 0 Å². The molecule has 6 heteroatoms. The fourth-order valence-corrected chi connectivity index (χ4v) is 1.47. The van der Waals surface area contributed by atoms with E-state index < -0.39 is 11.9 Å². The molecular weight excluding hydrogens is 207 g/mol. The maximum absolute atomic E-state index is 12.5. The minimum absolute atomic E-state index is 0.171. The lowest BCUT2D eigenvalue weighted by molar-refractivity contribution is -0.142. The molecule has 1 aromatic heterocycles. The van der Waals surface area contributed by atoms with Crippen LogP contribution in [0.2, 0.25) is 0 Å². The van der Waals surface area contributed by atoms with Crippen LogP contribution in [0, 0.1) is 0 Å². The zero-order valence-corrected chi connectivity index (χ0v) is 8.97. The molecule has 0 bridgehead atoms. The van der Waals surface area contributed by atoms with Crippen molar-refractivity contribution in [1.82, 2.24) is 15.0 Å². The van der Waals surface area contributed by atoms with Gasteiger partial charge in [0.15, 0.2) is 5.69 Å². The van der Waals surface area contributed by atoms with Crippen LogP contribution >= 0.6 is 0 Å². The molecule has 0 aliphatic carbocycles. The minimum atomic E-state index is -4.41. The van der Waals surface area contributed by atoms with Crippen molar-refractivity contribution in [3.63, 3.8) is 0 Å². The van der Waals surface area contributed by atoms with Crippen LogP contribution in [0.4, 0.5) is 13.2 Å². The van der Waals surface area contributed by atoms with Crippen LogP contribution in [0.5, 0.6) is 0 Å². The molecule has 0 aliphatic rings. The first-order chi connectivity index (χ1) is 6.88. The van der Waals surface area contributed by atoms with Crippen LogP contribution in [0.3, 0.4) is 0 Å². The number of alkyl halides is 3. The fourth-order valence-electron chi connectivity index (χ4n) is 1.47. The van der Waals surface area contributed by atoms with E-state index in [9.17, 15) is 13.2 Å². The molecule has 0 radical (unpaired) electrons. The third-order valence-electron chi connectivity index (χ3n) is 2.02. The molecule has 0 N–H and O–H groups in total. The van der Waals surface area contributed by atoms with E-state index >= 15 is 0 Å². The zero-order chi connectivity index (χ0) is 11.6. The number of rotatable bonds is 3. The summed E-state index contributed by atoms with van der Waals surface area (Å²) in [7, 11) is 0. The molecule has 0 fully saturated rings. The highest BCUT2D eigenvalue weighted by atomic mass is 19.4. The van der Waals surface area contributed by atoms with Crippen molar-refractivity contribution in [2.24, 2.45) is 0 Å². The molecule has 1 aromatic rings. The van der Waals surface area contributed by atoms with Gasteiger partial charge >= 0.3 is 6.18 Å². The Labute approximate surface area is 86.3 Å². The molecule has 0 amide bonds. The van der Waals surface area contributed by atoms with Gasteiger partial charge in [-0.15, -0.1) is 5.10 Å². The van der Waals surface area contributed by atoms with E-state index in [1.54, 1.807) is 13.8 Å². The van der Waals surface area contributed by atoms with Gasteiger partial charge in [0, 0.05) is 6.54 Å². The van der Waals surface area contributed by atoms with Gasteiger partial charge in [0.25, 0.3) is 0 Å². The predicted molar refractivity (Wildman–Crippen MR) is 49.4 cm³/mol. The summed E-state index contributed by atoms with van der Waals surface area (Å²) in [5.41, 5.74) is -0.685. The first-order valence-electron chi connectivity index (χ1n) is 4.88. The third kappa shape index (κ3) is 2.49. The lowest BCUT2D eigenvalue weighted by Gasteiger charge is -2.11. The molecule has 0 atom stereocenters. The molecule has 0 saturated carbocycles. The Morgan fingerprint density at radius 1 is 1.33 bits per heavy atom. The van der Waals surface area contributed by atoms with Crippen molar-refractivity contribution >= 4 is 0 Å². The molecule has 0 aromatic carbocycles. The van der Waals surface area contributed by atoms with Gasteiger partial charge in [-0.2, -0.15) is 13.2 Å². The number of halogens is 3. The Balaban J connectivity index is 3.18. The molecule has 1 rings (SSSR count). The Bertz CT molecular complexity index is 328. The van der Waals surface area contributed by atoms with Crippen LogP contribution in [-0.4, -0.2) is 15.0 Å². The number of aryl methyl sites for hydroxylation is 1. The number of hydrogen-bond donors (Lipinski definition) is 0. The molecular formula is C9H14F3N3. The summed E-state index contributed by atoms with van der Waals surface area (Å²) in [5.74, 6) is -0.233. The van der Waals surface area contributed by atoms with E-state index in [2.05, 4.69) is 10.3 Å². The van der Waals surface area contributed by atoms with Crippen molar-refractivity contribution < 1.29 is 13.2 Å². The second-order valence-electron chi connectivity index (χ2n) is 3.70. The van der Waals surface area contributed by atoms with Gasteiger partial charge in [0.05, 0.1) is 5.69 Å². The quantitative estimate of drug-likeness (QED) is 0.785. The maximum Gasteiger partial charge on any atom is 0.437 e. The van der Waals surface area contributed by atoms with Crippen molar-refractivity contribution in [2.45, 2.75) is 45.8 Å². The van der Waals surface area contributed by atoms with Gasteiger partial charge in [0.2, 0.25) is 0 Å². The standard InChI is InChI=1S/C9H14F3N3/c1-4-5-15-7(6(2)3)8(13-14-15)9(10,11)12/h6H,4-5H2,1-3H3. The van der Waals surface area contributed by atoms with Crippen LogP contribution in [0.15, 0.2) is 0 Å². The summed E-state index contributed by atoms with van der Waals surface area (Å²) in [6.45, 7) is 5.77. The summed E-state index contributed by atoms with van der Waals surface area (Å²) in [4.78, 5) is 0. The number of aromatic nitrogens is 3. The monoisotopic (exact) mass is 221 g/mol. The van der Waals surface area contributed by atoms with Crippen molar-refractivity contribution in [3.05, 3.63) is 11.4 Å². The molecule has 0 aliphatic heterocycles. The van der Waals surface area contributed by atoms with Crippen molar-refractivity contribution in [3.8, 4) is 0 Å². The molecule has 86 valence electrons. The third-order valence-corrected chi connectivity index (χ3v) is 2.02. The second kappa shape index (κ2) is 4.20. The van der Waals surface area contributed by atoms with E-state index in [1.807, 2.05) is 6.92 Å². The largest absolute Gasteiger partial charge is 0.437 e. The van der Waals surface area contributed by atoms with Gasteiger partial charge in [-0.3, -0.25) is 0 Å². The summed E-state index contributed by atoms with van der Waals surface area (Å²) in [6, 6.07) is 0. The lowest BCUT2D eigenvalue weighted by atomic mass is 10.1. The highest BCUT2D eigenvalue weighted by molar-refractivity contribution is 5.17. The lowest BCUT2D eigenvalue weighted by Crippen LogP contribution is -2.13. The summed E-state index contributed by atoms with van der Waals surface area (Å²) < 4.78 is 39.0. The average molecular weight is 221 g/mol. The molecule has 0 saturated heterocycles. The van der Waals surface area contributed by atoms with E-state index in [0.29, 0.717) is 6.54 Å². The summed E-state index contributed by atoms with van der Waals surface area (Å²) >= 11 is 0. The van der Waals surface area contributed by atoms with Gasteiger partial charge in [-0.25, -0.2) is 4.68 Å². The zero-order valence-electron chi connectivity index (χ0n) is 8.97. The van der Waals surface area contributed by atoms with Crippen LogP contribution in [0.1, 0.15) is 44.5 Å². The van der Waals surface area contributed by atoms with Gasteiger partial charge in [-0.05, 0) is 12.3 Å². The fraction of sp³-hybridized carbons (Fsp3) is 0.778. The number of hydrogen-bond acceptors (Lipinski definition) is 2. The Hall–Kier alpha value is -1.07. The van der Waals surface area contributed by atoms with Gasteiger partial charge in [0.1, 0.15) is 0 Å². The Morgan fingerprint density at radius 3 is 2.33 bits per heavy atom. The van der Waals surface area contributed by atoms with E-state index in [-0.39, 0.29) is 11.6 Å². The van der Waals surface area contributed by atoms with Crippen LogP contribution in [-0.2, 0) is 12.7 Å². The maximum atomic E-state index is 12.5. The minimum Gasteiger partial charge on any atom is -0.249 e. The summed E-state index contributed by atoms with van der Waals surface area (Å²) in [5, 5.41) is 6.76. The topological polar surface area (TPSA) is 30.7 Å². The van der Waals surface area contributed by atoms with Crippen LogP contribution in [0.25, 0.3) is 0 Å². The van der Waals surface area contributed by atoms with E-state index in [1.165, 1.54) is 4.68 Å². The number of nitrogens with zero attached hydrogens (tertiary/aromatic N) is 3. The van der Waals surface area contributed by atoms with Crippen molar-refractivity contribution in [1.29, 1.82) is 0 Å². The Kier molecular flexibility index (Phi) is 3.36. The highest BCUT2D eigenvalue weighted by Gasteiger charge is 2.39. The summed E-state index contributed by atoms with van der Waals surface area (Å²) in [6.07, 6.45) is -3.67. The first-order valence-corrected chi connectivity index (χ1v) is 4.88. The first kappa shape index (κ1) is 12.0. The second-order valence-corrected chi connectivity index (χ2v) is 3.70. The molecule has 1 heterocycles. The van der Waals surface area contributed by atoms with Gasteiger partial charge < -0.3 is 0 Å². The van der Waals surface area contributed by atoms with Gasteiger partial charge in [-0.1, -0.05) is 26.0 Å². The smallest absolute Gasteiger partial charge is 0.249 e.